The molecule has 6 heteroatoms. The predicted octanol–water partition coefficient (Wildman–Crippen LogP) is 1.67. The topological polar surface area (TPSA) is 85.1 Å². The standard InChI is InChI=1S/C15H14BrN3O2/c16-11-6-4-10(5-7-11)9-13(14(17)20)19-15(21)12-3-1-2-8-18-12/h1-8,13H,9H2,(H2,17,20)(H,19,21)/t13-/m1/s1. The van der Waals surface area contributed by atoms with Gasteiger partial charge in [0.25, 0.3) is 5.91 Å². The van der Waals surface area contributed by atoms with E-state index in [1.807, 2.05) is 24.3 Å². The molecule has 3 N–H and O–H groups in total. The van der Waals surface area contributed by atoms with Crippen molar-refractivity contribution in [3.05, 3.63) is 64.4 Å². The Morgan fingerprint density at radius 2 is 1.90 bits per heavy atom. The largest absolute Gasteiger partial charge is 0.368 e. The second kappa shape index (κ2) is 6.99. The molecule has 0 saturated carbocycles. The first-order valence-electron chi connectivity index (χ1n) is 6.32. The average molecular weight is 348 g/mol. The number of nitrogens with one attached hydrogen (secondary N) is 1. The summed E-state index contributed by atoms with van der Waals surface area (Å²) in [5.41, 5.74) is 6.51. The molecule has 0 aliphatic rings. The summed E-state index contributed by atoms with van der Waals surface area (Å²) in [4.78, 5) is 27.5. The van der Waals surface area contributed by atoms with Crippen LogP contribution in [0.15, 0.2) is 53.1 Å². The van der Waals surface area contributed by atoms with Crippen LogP contribution in [0, 0.1) is 0 Å². The van der Waals surface area contributed by atoms with Crippen molar-refractivity contribution in [2.24, 2.45) is 5.73 Å². The van der Waals surface area contributed by atoms with Gasteiger partial charge in [-0.25, -0.2) is 0 Å². The minimum Gasteiger partial charge on any atom is -0.368 e. The van der Waals surface area contributed by atoms with Crippen molar-refractivity contribution in [2.45, 2.75) is 12.5 Å². The van der Waals surface area contributed by atoms with Gasteiger partial charge in [-0.3, -0.25) is 14.6 Å². The van der Waals surface area contributed by atoms with Gasteiger partial charge in [-0.15, -0.1) is 0 Å². The number of halogens is 1. The maximum absolute atomic E-state index is 12.0. The minimum absolute atomic E-state index is 0.250. The molecule has 1 aromatic heterocycles. The van der Waals surface area contributed by atoms with Crippen LogP contribution in [-0.2, 0) is 11.2 Å². The average Bonchev–Trinajstić information content (AvgIpc) is 2.49. The molecule has 108 valence electrons. The molecule has 0 radical (unpaired) electrons. The number of hydrogen-bond acceptors (Lipinski definition) is 3. The minimum atomic E-state index is -0.777. The van der Waals surface area contributed by atoms with Gasteiger partial charge in [0, 0.05) is 17.1 Å². The summed E-state index contributed by atoms with van der Waals surface area (Å²) in [6, 6.07) is 11.7. The van der Waals surface area contributed by atoms with E-state index in [1.165, 1.54) is 6.20 Å². The molecule has 2 amide bonds. The van der Waals surface area contributed by atoms with Crippen LogP contribution in [0.3, 0.4) is 0 Å². The maximum Gasteiger partial charge on any atom is 0.270 e. The summed E-state index contributed by atoms with van der Waals surface area (Å²) < 4.78 is 0.944. The lowest BCUT2D eigenvalue weighted by Crippen LogP contribution is -2.46. The number of nitrogens with zero attached hydrogens (tertiary/aromatic N) is 1. The lowest BCUT2D eigenvalue weighted by Gasteiger charge is -2.15. The molecule has 2 rings (SSSR count). The SMILES string of the molecule is NC(=O)[C@@H](Cc1ccc(Br)cc1)NC(=O)c1ccccn1. The molecule has 0 bridgehead atoms. The molecule has 0 fully saturated rings. The molecule has 0 aliphatic carbocycles. The van der Waals surface area contributed by atoms with Crippen LogP contribution < -0.4 is 11.1 Å². The van der Waals surface area contributed by atoms with Crippen molar-refractivity contribution in [1.82, 2.24) is 10.3 Å². The van der Waals surface area contributed by atoms with Crippen LogP contribution in [0.2, 0.25) is 0 Å². The molecule has 5 nitrogen and oxygen atoms in total. The lowest BCUT2D eigenvalue weighted by molar-refractivity contribution is -0.119. The number of hydrogen-bond donors (Lipinski definition) is 2. The Hall–Kier alpha value is -2.21. The van der Waals surface area contributed by atoms with Gasteiger partial charge in [-0.05, 0) is 29.8 Å². The predicted molar refractivity (Wildman–Crippen MR) is 82.5 cm³/mol. The Labute approximate surface area is 130 Å². The first kappa shape index (κ1) is 15.2. The van der Waals surface area contributed by atoms with Gasteiger partial charge < -0.3 is 11.1 Å². The lowest BCUT2D eigenvalue weighted by atomic mass is 10.1. The van der Waals surface area contributed by atoms with Gasteiger partial charge >= 0.3 is 0 Å². The van der Waals surface area contributed by atoms with E-state index in [0.717, 1.165) is 10.0 Å². The molecular weight excluding hydrogens is 334 g/mol. The van der Waals surface area contributed by atoms with E-state index in [0.29, 0.717) is 6.42 Å². The Balaban J connectivity index is 2.07. The van der Waals surface area contributed by atoms with Crippen LogP contribution in [0.4, 0.5) is 0 Å². The maximum atomic E-state index is 12.0. The van der Waals surface area contributed by atoms with Crippen LogP contribution >= 0.6 is 15.9 Å². The fraction of sp³-hybridized carbons (Fsp3) is 0.133. The number of rotatable bonds is 5. The van der Waals surface area contributed by atoms with E-state index in [4.69, 9.17) is 5.73 Å². The van der Waals surface area contributed by atoms with E-state index in [-0.39, 0.29) is 5.69 Å². The summed E-state index contributed by atoms with van der Waals surface area (Å²) in [7, 11) is 0. The Morgan fingerprint density at radius 1 is 1.19 bits per heavy atom. The molecule has 1 heterocycles. The fourth-order valence-corrected chi connectivity index (χ4v) is 2.07. The second-order valence-electron chi connectivity index (χ2n) is 4.47. The highest BCUT2D eigenvalue weighted by atomic mass is 79.9. The third-order valence-electron chi connectivity index (χ3n) is 2.90. The van der Waals surface area contributed by atoms with E-state index in [9.17, 15) is 9.59 Å². The van der Waals surface area contributed by atoms with Gasteiger partial charge in [0.1, 0.15) is 11.7 Å². The Bertz CT molecular complexity index is 629. The van der Waals surface area contributed by atoms with Crippen molar-refractivity contribution in [2.75, 3.05) is 0 Å². The molecule has 0 unspecified atom stereocenters. The smallest absolute Gasteiger partial charge is 0.270 e. The highest BCUT2D eigenvalue weighted by Crippen LogP contribution is 2.12. The normalized spacial score (nSPS) is 11.7. The van der Waals surface area contributed by atoms with Gasteiger partial charge in [-0.2, -0.15) is 0 Å². The molecule has 2 aromatic rings. The van der Waals surface area contributed by atoms with Gasteiger partial charge in [0.15, 0.2) is 0 Å². The van der Waals surface area contributed by atoms with Crippen molar-refractivity contribution in [3.63, 3.8) is 0 Å². The highest BCUT2D eigenvalue weighted by Gasteiger charge is 2.19. The number of carbonyl (C=O) groups excluding carboxylic acids is 2. The van der Waals surface area contributed by atoms with E-state index in [2.05, 4.69) is 26.2 Å². The van der Waals surface area contributed by atoms with Crippen molar-refractivity contribution < 1.29 is 9.59 Å². The zero-order valence-corrected chi connectivity index (χ0v) is 12.7. The second-order valence-corrected chi connectivity index (χ2v) is 5.39. The zero-order valence-electron chi connectivity index (χ0n) is 11.1. The molecule has 1 aromatic carbocycles. The Kier molecular flexibility index (Phi) is 5.05. The number of primary amides is 1. The van der Waals surface area contributed by atoms with Crippen LogP contribution in [0.5, 0.6) is 0 Å². The number of aromatic nitrogens is 1. The molecule has 0 aliphatic heterocycles. The van der Waals surface area contributed by atoms with Gasteiger partial charge in [0.2, 0.25) is 5.91 Å². The first-order valence-corrected chi connectivity index (χ1v) is 7.11. The highest BCUT2D eigenvalue weighted by molar-refractivity contribution is 9.10. The van der Waals surface area contributed by atoms with E-state index in [1.54, 1.807) is 18.2 Å². The van der Waals surface area contributed by atoms with Crippen LogP contribution in [0.25, 0.3) is 0 Å². The number of pyridine rings is 1. The molecule has 1 atom stereocenters. The van der Waals surface area contributed by atoms with Crippen LogP contribution in [0.1, 0.15) is 16.1 Å². The van der Waals surface area contributed by atoms with Gasteiger partial charge in [0.05, 0.1) is 0 Å². The molecule has 21 heavy (non-hydrogen) atoms. The Morgan fingerprint density at radius 3 is 2.48 bits per heavy atom. The van der Waals surface area contributed by atoms with E-state index < -0.39 is 17.9 Å². The van der Waals surface area contributed by atoms with Crippen LogP contribution in [-0.4, -0.2) is 22.8 Å². The number of benzene rings is 1. The summed E-state index contributed by atoms with van der Waals surface area (Å²) in [5, 5.41) is 2.61. The number of carbonyl (C=O) groups is 2. The summed E-state index contributed by atoms with van der Waals surface area (Å²) in [5.74, 6) is -1.00. The quantitative estimate of drug-likeness (QED) is 0.862. The third kappa shape index (κ3) is 4.39. The third-order valence-corrected chi connectivity index (χ3v) is 3.43. The monoisotopic (exact) mass is 347 g/mol. The fourth-order valence-electron chi connectivity index (χ4n) is 1.81. The van der Waals surface area contributed by atoms with Crippen molar-refractivity contribution >= 4 is 27.7 Å². The summed E-state index contributed by atoms with van der Waals surface area (Å²) in [6.07, 6.45) is 1.85. The molecule has 0 spiro atoms. The summed E-state index contributed by atoms with van der Waals surface area (Å²) >= 11 is 3.34. The number of amides is 2. The zero-order chi connectivity index (χ0) is 15.2. The number of nitrogens with two attached hydrogens (primary N) is 1. The van der Waals surface area contributed by atoms with Gasteiger partial charge in [-0.1, -0.05) is 34.1 Å². The van der Waals surface area contributed by atoms with E-state index >= 15 is 0 Å². The van der Waals surface area contributed by atoms with Crippen molar-refractivity contribution in [1.29, 1.82) is 0 Å². The molecular formula is C15H14BrN3O2. The van der Waals surface area contributed by atoms with Crippen molar-refractivity contribution in [3.8, 4) is 0 Å². The molecule has 0 saturated heterocycles. The first-order chi connectivity index (χ1) is 10.1. The summed E-state index contributed by atoms with van der Waals surface area (Å²) in [6.45, 7) is 0.